The van der Waals surface area contributed by atoms with Gasteiger partial charge in [-0.05, 0) is 83.5 Å². The highest BCUT2D eigenvalue weighted by atomic mass is 31.2. The molecular weight excluding hydrogens is 924 g/mol. The lowest BCUT2D eigenvalue weighted by atomic mass is 10.0. The van der Waals surface area contributed by atoms with Crippen molar-refractivity contribution in [2.75, 3.05) is 40.9 Å². The summed E-state index contributed by atoms with van der Waals surface area (Å²) in [5.74, 6) is -0.208. The van der Waals surface area contributed by atoms with Crippen molar-refractivity contribution in [3.8, 4) is 0 Å². The molecule has 1 amide bonds. The van der Waals surface area contributed by atoms with Gasteiger partial charge in [0.2, 0.25) is 5.91 Å². The van der Waals surface area contributed by atoms with E-state index in [4.69, 9.17) is 9.05 Å². The lowest BCUT2D eigenvalue weighted by molar-refractivity contribution is -0.870. The second-order valence-electron chi connectivity index (χ2n) is 21.3. The number of unbranched alkanes of at least 4 members (excludes halogenated alkanes) is 27. The van der Waals surface area contributed by atoms with Crippen molar-refractivity contribution in [2.24, 2.45) is 0 Å². The number of amides is 1. The number of carbonyl (C=O) groups excluding carboxylic acids is 1. The summed E-state index contributed by atoms with van der Waals surface area (Å²) in [6.45, 7) is 4.51. The van der Waals surface area contributed by atoms with E-state index in [1.807, 2.05) is 27.2 Å². The summed E-state index contributed by atoms with van der Waals surface area (Å²) in [5, 5.41) is 13.8. The maximum Gasteiger partial charge on any atom is 0.268 e. The summed E-state index contributed by atoms with van der Waals surface area (Å²) in [6.07, 6.45) is 77.9. The number of aliphatic hydroxyl groups excluding tert-OH is 1. The Morgan fingerprint density at radius 3 is 1.27 bits per heavy atom. The SMILES string of the molecule is CC/C=C\C/C=C\C/C=C\C/C=C\C/C=C\C/C=C\CCCCCCCCCCCCCCCCCCCCC(=O)NC(COP(=O)([O-])OCC[N+](C)(C)C)C(O)/C=C/CC/C=C/CCCCCCCCCC. The molecule has 9 heteroatoms. The third-order valence-corrected chi connectivity index (χ3v) is 14.0. The molecule has 0 aromatic carbocycles. The molecule has 0 aromatic heterocycles. The molecule has 0 fully saturated rings. The molecule has 3 atom stereocenters. The van der Waals surface area contributed by atoms with Crippen LogP contribution >= 0.6 is 7.82 Å². The van der Waals surface area contributed by atoms with E-state index in [2.05, 4.69) is 104 Å². The van der Waals surface area contributed by atoms with Crippen molar-refractivity contribution >= 4 is 13.7 Å². The molecule has 0 aliphatic rings. The summed E-state index contributed by atoms with van der Waals surface area (Å²) in [7, 11) is 1.24. The molecule has 0 rings (SSSR count). The van der Waals surface area contributed by atoms with Crippen LogP contribution in [0.2, 0.25) is 0 Å². The van der Waals surface area contributed by atoms with Crippen LogP contribution in [0, 0.1) is 0 Å². The predicted molar refractivity (Wildman–Crippen MR) is 316 cm³/mol. The molecule has 0 spiro atoms. The van der Waals surface area contributed by atoms with Crippen molar-refractivity contribution < 1.29 is 32.9 Å². The summed E-state index contributed by atoms with van der Waals surface area (Å²) in [6, 6.07) is -0.906. The molecule has 0 aliphatic heterocycles. The monoisotopic (exact) mass is 1040 g/mol. The van der Waals surface area contributed by atoms with Gasteiger partial charge in [0.15, 0.2) is 0 Å². The third kappa shape index (κ3) is 57.0. The van der Waals surface area contributed by atoms with Crippen molar-refractivity contribution in [1.82, 2.24) is 5.32 Å². The summed E-state index contributed by atoms with van der Waals surface area (Å²) >= 11 is 0. The quantitative estimate of drug-likeness (QED) is 0.0272. The maximum atomic E-state index is 13.0. The first-order valence-corrected chi connectivity index (χ1v) is 31.6. The molecule has 0 heterocycles. The Labute approximate surface area is 451 Å². The number of carbonyl (C=O) groups is 1. The van der Waals surface area contributed by atoms with Gasteiger partial charge >= 0.3 is 0 Å². The molecule has 0 aromatic rings. The molecule has 73 heavy (non-hydrogen) atoms. The van der Waals surface area contributed by atoms with Crippen LogP contribution in [0.15, 0.2) is 97.2 Å². The van der Waals surface area contributed by atoms with Gasteiger partial charge in [-0.1, -0.05) is 259 Å². The van der Waals surface area contributed by atoms with E-state index in [0.29, 0.717) is 17.4 Å². The zero-order valence-corrected chi connectivity index (χ0v) is 49.0. The van der Waals surface area contributed by atoms with Crippen LogP contribution in [0.5, 0.6) is 0 Å². The lowest BCUT2D eigenvalue weighted by Crippen LogP contribution is -2.45. The minimum Gasteiger partial charge on any atom is -0.756 e. The molecule has 8 nitrogen and oxygen atoms in total. The number of likely N-dealkylation sites (N-methyl/N-ethyl adjacent to an activating group) is 1. The van der Waals surface area contributed by atoms with Gasteiger partial charge in [0.25, 0.3) is 7.82 Å². The minimum atomic E-state index is -4.61. The first-order valence-electron chi connectivity index (χ1n) is 30.1. The molecule has 0 saturated heterocycles. The van der Waals surface area contributed by atoms with Crippen molar-refractivity contribution in [3.05, 3.63) is 97.2 Å². The number of allylic oxidation sites excluding steroid dienone is 15. The number of nitrogens with one attached hydrogen (secondary N) is 1. The average molecular weight is 1040 g/mol. The van der Waals surface area contributed by atoms with E-state index in [-0.39, 0.29) is 12.5 Å². The number of quaternary nitrogens is 1. The normalized spacial score (nSPS) is 14.6. The Balaban J connectivity index is 4.02. The van der Waals surface area contributed by atoms with Gasteiger partial charge in [-0.15, -0.1) is 0 Å². The zero-order chi connectivity index (χ0) is 53.5. The fourth-order valence-corrected chi connectivity index (χ4v) is 9.07. The van der Waals surface area contributed by atoms with Crippen LogP contribution in [0.4, 0.5) is 0 Å². The smallest absolute Gasteiger partial charge is 0.268 e. The largest absolute Gasteiger partial charge is 0.756 e. The predicted octanol–water partition coefficient (Wildman–Crippen LogP) is 18.0. The zero-order valence-electron chi connectivity index (χ0n) is 48.1. The van der Waals surface area contributed by atoms with E-state index in [1.165, 1.54) is 154 Å². The van der Waals surface area contributed by atoms with Crippen LogP contribution in [0.25, 0.3) is 0 Å². The van der Waals surface area contributed by atoms with Crippen molar-refractivity contribution in [3.63, 3.8) is 0 Å². The highest BCUT2D eigenvalue weighted by Gasteiger charge is 2.23. The van der Waals surface area contributed by atoms with Gasteiger partial charge < -0.3 is 28.8 Å². The fraction of sp³-hybridized carbons (Fsp3) is 0.734. The van der Waals surface area contributed by atoms with Crippen LogP contribution in [-0.2, 0) is 18.4 Å². The highest BCUT2D eigenvalue weighted by molar-refractivity contribution is 7.45. The highest BCUT2D eigenvalue weighted by Crippen LogP contribution is 2.38. The standard InChI is InChI=1S/C64H115N2O6P/c1-6-8-10-12-14-16-18-20-22-23-24-25-26-27-28-29-30-31-32-33-34-35-36-37-38-39-40-41-42-43-44-46-48-50-52-54-56-58-64(68)65-62(61-72-73(69,70)71-60-59-66(3,4)5)63(67)57-55-53-51-49-47-45-21-19-17-15-13-11-9-7-2/h8,10,14,16,20,22,24-25,27-28,30-31,47,49,55,57,62-63,67H,6-7,9,11-13,15,17-19,21,23,26,29,32-46,48,50-54,56,58-61H2,1-5H3,(H-,65,68,69,70)/b10-8-,16-14-,22-20-,25-24-,28-27-,31-30-,49-47+,57-55+. The van der Waals surface area contributed by atoms with Gasteiger partial charge in [-0.2, -0.15) is 0 Å². The van der Waals surface area contributed by atoms with Gasteiger partial charge in [0.1, 0.15) is 13.2 Å². The van der Waals surface area contributed by atoms with Crippen LogP contribution in [-0.4, -0.2) is 68.5 Å². The molecular formula is C64H115N2O6P. The van der Waals surface area contributed by atoms with E-state index in [1.54, 1.807) is 6.08 Å². The molecule has 3 unspecified atom stereocenters. The molecule has 0 saturated carbocycles. The second-order valence-corrected chi connectivity index (χ2v) is 22.7. The number of nitrogens with zero attached hydrogens (tertiary/aromatic N) is 1. The van der Waals surface area contributed by atoms with Gasteiger partial charge in [0, 0.05) is 6.42 Å². The molecule has 0 aliphatic carbocycles. The van der Waals surface area contributed by atoms with E-state index < -0.39 is 26.6 Å². The molecule has 422 valence electrons. The van der Waals surface area contributed by atoms with Crippen molar-refractivity contribution in [2.45, 2.75) is 264 Å². The average Bonchev–Trinajstić information content (AvgIpc) is 3.35. The third-order valence-electron chi connectivity index (χ3n) is 13.0. The number of rotatable bonds is 54. The first kappa shape index (κ1) is 70.4. The van der Waals surface area contributed by atoms with Gasteiger partial charge in [0.05, 0.1) is 39.9 Å². The molecule has 0 bridgehead atoms. The Hall–Kier alpha value is -2.58. The molecule has 0 radical (unpaired) electrons. The number of aliphatic hydroxyl groups is 1. The topological polar surface area (TPSA) is 108 Å². The fourth-order valence-electron chi connectivity index (χ4n) is 8.35. The number of phosphoric acid groups is 1. The van der Waals surface area contributed by atoms with Crippen LogP contribution in [0.3, 0.4) is 0 Å². The first-order chi connectivity index (χ1) is 35.5. The Kier molecular flexibility index (Phi) is 52.3. The Morgan fingerprint density at radius 2 is 0.849 bits per heavy atom. The number of hydrogen-bond acceptors (Lipinski definition) is 6. The Bertz CT molecular complexity index is 1510. The molecule has 2 N–H and O–H groups in total. The lowest BCUT2D eigenvalue weighted by Gasteiger charge is -2.29. The summed E-state index contributed by atoms with van der Waals surface area (Å²) < 4.78 is 23.3. The van der Waals surface area contributed by atoms with Crippen LogP contribution < -0.4 is 10.2 Å². The van der Waals surface area contributed by atoms with E-state index in [0.717, 1.165) is 77.0 Å². The van der Waals surface area contributed by atoms with Gasteiger partial charge in [-0.3, -0.25) is 9.36 Å². The second kappa shape index (κ2) is 54.2. The van der Waals surface area contributed by atoms with Gasteiger partial charge in [-0.25, -0.2) is 0 Å². The Morgan fingerprint density at radius 1 is 0.493 bits per heavy atom. The number of hydrogen-bond donors (Lipinski definition) is 2. The minimum absolute atomic E-state index is 0.00852. The van der Waals surface area contributed by atoms with E-state index in [9.17, 15) is 19.4 Å². The summed E-state index contributed by atoms with van der Waals surface area (Å²) in [5.41, 5.74) is 0. The van der Waals surface area contributed by atoms with Crippen LogP contribution in [0.1, 0.15) is 251 Å². The van der Waals surface area contributed by atoms with Crippen molar-refractivity contribution in [1.29, 1.82) is 0 Å². The maximum absolute atomic E-state index is 13.0. The number of phosphoric ester groups is 1. The summed E-state index contributed by atoms with van der Waals surface area (Å²) in [4.78, 5) is 25.5. The van der Waals surface area contributed by atoms with E-state index >= 15 is 0 Å².